The maximum Gasteiger partial charge on any atom is 0.225 e. The number of hydrogen-bond acceptors (Lipinski definition) is 4. The van der Waals surface area contributed by atoms with Crippen molar-refractivity contribution in [1.29, 1.82) is 0 Å². The molecule has 26 heavy (non-hydrogen) atoms. The van der Waals surface area contributed by atoms with Crippen molar-refractivity contribution in [2.75, 3.05) is 26.2 Å². The van der Waals surface area contributed by atoms with Gasteiger partial charge in [0, 0.05) is 49.9 Å². The van der Waals surface area contributed by atoms with Crippen molar-refractivity contribution < 1.29 is 4.79 Å². The highest BCUT2D eigenvalue weighted by molar-refractivity contribution is 14.0. The van der Waals surface area contributed by atoms with Gasteiger partial charge >= 0.3 is 0 Å². The number of nitrogens with zero attached hydrogens (tertiary/aromatic N) is 3. The molecule has 1 aromatic heterocycles. The molecule has 0 spiro atoms. The Kier molecular flexibility index (Phi) is 10.4. The molecule has 2 heterocycles. The zero-order valence-corrected chi connectivity index (χ0v) is 19.4. The van der Waals surface area contributed by atoms with Crippen LogP contribution in [0.5, 0.6) is 0 Å². The molecule has 148 valence electrons. The second kappa shape index (κ2) is 11.7. The third-order valence-electron chi connectivity index (χ3n) is 4.22. The van der Waals surface area contributed by atoms with Crippen molar-refractivity contribution in [2.45, 2.75) is 53.0 Å². The first-order chi connectivity index (χ1) is 12.0. The monoisotopic (exact) mass is 493 g/mol. The van der Waals surface area contributed by atoms with Gasteiger partial charge in [-0.3, -0.25) is 9.79 Å². The largest absolute Gasteiger partial charge is 0.357 e. The van der Waals surface area contributed by atoms with Gasteiger partial charge in [-0.25, -0.2) is 4.98 Å². The van der Waals surface area contributed by atoms with E-state index in [4.69, 9.17) is 0 Å². The minimum atomic E-state index is 0. The summed E-state index contributed by atoms with van der Waals surface area (Å²) in [7, 11) is 0. The van der Waals surface area contributed by atoms with Crippen molar-refractivity contribution in [3.05, 3.63) is 16.1 Å². The van der Waals surface area contributed by atoms with Crippen LogP contribution in [0.25, 0.3) is 0 Å². The van der Waals surface area contributed by atoms with Crippen molar-refractivity contribution in [3.8, 4) is 0 Å². The lowest BCUT2D eigenvalue weighted by Gasteiger charge is -2.20. The maximum atomic E-state index is 12.1. The number of amides is 1. The van der Waals surface area contributed by atoms with Crippen molar-refractivity contribution in [2.24, 2.45) is 10.9 Å². The number of thiazole rings is 1. The Morgan fingerprint density at radius 3 is 2.85 bits per heavy atom. The highest BCUT2D eigenvalue weighted by Crippen LogP contribution is 2.13. The topological polar surface area (TPSA) is 69.6 Å². The zero-order valence-electron chi connectivity index (χ0n) is 16.2. The average molecular weight is 493 g/mol. The van der Waals surface area contributed by atoms with Crippen molar-refractivity contribution in [1.82, 2.24) is 20.5 Å². The van der Waals surface area contributed by atoms with Gasteiger partial charge in [-0.1, -0.05) is 20.8 Å². The third kappa shape index (κ3) is 7.02. The number of hydrogen-bond donors (Lipinski definition) is 2. The quantitative estimate of drug-likeness (QED) is 0.348. The Morgan fingerprint density at radius 2 is 2.23 bits per heavy atom. The van der Waals surface area contributed by atoms with Gasteiger partial charge in [0.2, 0.25) is 5.91 Å². The summed E-state index contributed by atoms with van der Waals surface area (Å²) in [5.74, 6) is 1.13. The Labute approximate surface area is 178 Å². The number of rotatable bonds is 7. The third-order valence-corrected chi connectivity index (χ3v) is 5.26. The molecule has 1 saturated heterocycles. The van der Waals surface area contributed by atoms with Crippen molar-refractivity contribution in [3.63, 3.8) is 0 Å². The second-order valence-electron chi connectivity index (χ2n) is 6.67. The van der Waals surface area contributed by atoms with Crippen LogP contribution in [-0.2, 0) is 17.6 Å². The number of likely N-dealkylation sites (tertiary alicyclic amines) is 1. The molecule has 1 aliphatic heterocycles. The Bertz CT molecular complexity index is 590. The summed E-state index contributed by atoms with van der Waals surface area (Å²) in [6.45, 7) is 11.2. The molecule has 0 aliphatic carbocycles. The van der Waals surface area contributed by atoms with Crippen LogP contribution < -0.4 is 10.6 Å². The predicted molar refractivity (Wildman–Crippen MR) is 120 cm³/mol. The van der Waals surface area contributed by atoms with Gasteiger partial charge in [0.1, 0.15) is 0 Å². The summed E-state index contributed by atoms with van der Waals surface area (Å²) >= 11 is 1.72. The molecule has 6 nitrogen and oxygen atoms in total. The van der Waals surface area contributed by atoms with E-state index in [9.17, 15) is 4.79 Å². The first-order valence-corrected chi connectivity index (χ1v) is 10.2. The van der Waals surface area contributed by atoms with Gasteiger partial charge < -0.3 is 15.5 Å². The minimum Gasteiger partial charge on any atom is -0.357 e. The summed E-state index contributed by atoms with van der Waals surface area (Å²) in [4.78, 5) is 23.3. The van der Waals surface area contributed by atoms with Crippen LogP contribution in [0.1, 0.15) is 44.8 Å². The molecule has 0 bridgehead atoms. The first-order valence-electron chi connectivity index (χ1n) is 9.30. The summed E-state index contributed by atoms with van der Waals surface area (Å²) in [6, 6.07) is 0.270. The Morgan fingerprint density at radius 1 is 1.46 bits per heavy atom. The molecule has 1 aromatic rings. The highest BCUT2D eigenvalue weighted by Gasteiger charge is 2.27. The van der Waals surface area contributed by atoms with Gasteiger partial charge in [-0.2, -0.15) is 0 Å². The smallest absolute Gasteiger partial charge is 0.225 e. The molecule has 8 heteroatoms. The molecule has 0 radical (unpaired) electrons. The maximum absolute atomic E-state index is 12.1. The summed E-state index contributed by atoms with van der Waals surface area (Å²) in [6.07, 6.45) is 2.82. The molecule has 1 fully saturated rings. The number of aromatic nitrogens is 1. The van der Waals surface area contributed by atoms with Crippen molar-refractivity contribution >= 4 is 47.2 Å². The summed E-state index contributed by atoms with van der Waals surface area (Å²) in [5, 5.41) is 10.1. The molecule has 2 rings (SSSR count). The lowest BCUT2D eigenvalue weighted by Crippen LogP contribution is -2.45. The molecule has 1 aliphatic rings. The number of aryl methyl sites for hydroxylation is 1. The molecular formula is C18H32IN5OS. The van der Waals surface area contributed by atoms with E-state index in [1.54, 1.807) is 11.3 Å². The average Bonchev–Trinajstić information content (AvgIpc) is 3.23. The van der Waals surface area contributed by atoms with Crippen LogP contribution in [0, 0.1) is 5.92 Å². The van der Waals surface area contributed by atoms with E-state index in [0.29, 0.717) is 6.54 Å². The van der Waals surface area contributed by atoms with Gasteiger partial charge in [-0.05, 0) is 19.8 Å². The number of carbonyl (C=O) groups is 1. The number of guanidine groups is 1. The van der Waals surface area contributed by atoms with Crippen LogP contribution in [0.2, 0.25) is 0 Å². The predicted octanol–water partition coefficient (Wildman–Crippen LogP) is 2.68. The fraction of sp³-hybridized carbons (Fsp3) is 0.722. The lowest BCUT2D eigenvalue weighted by atomic mass is 10.2. The van der Waals surface area contributed by atoms with E-state index >= 15 is 0 Å². The van der Waals surface area contributed by atoms with Gasteiger partial charge in [-0.15, -0.1) is 35.3 Å². The number of aliphatic imine (C=N–C) groups is 1. The van der Waals surface area contributed by atoms with Crippen LogP contribution in [-0.4, -0.2) is 54.0 Å². The first kappa shape index (κ1) is 23.1. The van der Waals surface area contributed by atoms with Crippen LogP contribution in [0.3, 0.4) is 0 Å². The van der Waals surface area contributed by atoms with Gasteiger partial charge in [0.25, 0.3) is 0 Å². The molecule has 1 unspecified atom stereocenters. The van der Waals surface area contributed by atoms with E-state index in [1.807, 2.05) is 18.7 Å². The van der Waals surface area contributed by atoms with E-state index in [0.717, 1.165) is 50.6 Å². The van der Waals surface area contributed by atoms with Gasteiger partial charge in [0.15, 0.2) is 5.96 Å². The molecule has 0 saturated carbocycles. The summed E-state index contributed by atoms with van der Waals surface area (Å²) < 4.78 is 0. The zero-order chi connectivity index (χ0) is 18.2. The highest BCUT2D eigenvalue weighted by atomic mass is 127. The van der Waals surface area contributed by atoms with E-state index in [2.05, 4.69) is 39.8 Å². The lowest BCUT2D eigenvalue weighted by molar-refractivity contribution is -0.133. The van der Waals surface area contributed by atoms with E-state index in [1.165, 1.54) is 5.01 Å². The number of halogens is 1. The van der Waals surface area contributed by atoms with Crippen LogP contribution >= 0.6 is 35.3 Å². The Hall–Kier alpha value is -0.900. The normalized spacial score (nSPS) is 17.3. The van der Waals surface area contributed by atoms with Crippen LogP contribution in [0.4, 0.5) is 0 Å². The van der Waals surface area contributed by atoms with Crippen LogP contribution in [0.15, 0.2) is 10.4 Å². The Balaban J connectivity index is 0.00000338. The molecule has 1 atom stereocenters. The summed E-state index contributed by atoms with van der Waals surface area (Å²) in [5.41, 5.74) is 1.12. The van der Waals surface area contributed by atoms with Gasteiger partial charge in [0.05, 0.1) is 10.7 Å². The molecule has 0 aromatic carbocycles. The SMILES string of the molecule is CCNC(=NCCc1csc(CC)n1)NC1CCN(C(=O)C(C)C)C1.I. The molecule has 2 N–H and O–H groups in total. The van der Waals surface area contributed by atoms with E-state index in [-0.39, 0.29) is 41.8 Å². The standard InChI is InChI=1S/C18H31N5OS.HI/c1-5-16-21-15(12-25-16)7-9-20-18(19-6-2)22-14-8-10-23(11-14)17(24)13(3)4;/h12-14H,5-11H2,1-4H3,(H2,19,20,22);1H. The number of carbonyl (C=O) groups excluding carboxylic acids is 1. The fourth-order valence-corrected chi connectivity index (χ4v) is 3.64. The fourth-order valence-electron chi connectivity index (χ4n) is 2.87. The number of nitrogens with one attached hydrogen (secondary N) is 2. The molecular weight excluding hydrogens is 461 g/mol. The van der Waals surface area contributed by atoms with E-state index < -0.39 is 0 Å². The molecule has 1 amide bonds. The second-order valence-corrected chi connectivity index (χ2v) is 7.61. The minimum absolute atomic E-state index is 0.